The van der Waals surface area contributed by atoms with Crippen molar-refractivity contribution in [2.24, 2.45) is 0 Å². The summed E-state index contributed by atoms with van der Waals surface area (Å²) in [5.41, 5.74) is 0.839. The molecule has 0 spiro atoms. The van der Waals surface area contributed by atoms with Gasteiger partial charge >= 0.3 is 0 Å². The number of halogens is 1. The molecule has 1 unspecified atom stereocenters. The quantitative estimate of drug-likeness (QED) is 0.519. The maximum absolute atomic E-state index is 13.7. The van der Waals surface area contributed by atoms with E-state index >= 15 is 0 Å². The predicted molar refractivity (Wildman–Crippen MR) is 123 cm³/mol. The van der Waals surface area contributed by atoms with E-state index in [2.05, 4.69) is 5.32 Å². The van der Waals surface area contributed by atoms with Gasteiger partial charge in [-0.05, 0) is 37.1 Å². The van der Waals surface area contributed by atoms with E-state index in [0.717, 1.165) is 35.0 Å². The second kappa shape index (κ2) is 11.6. The van der Waals surface area contributed by atoms with Gasteiger partial charge in [-0.15, -0.1) is 0 Å². The minimum Gasteiger partial charge on any atom is -0.354 e. The van der Waals surface area contributed by atoms with Gasteiger partial charge in [0.05, 0.1) is 11.9 Å². The fraction of sp³-hybridized carbons (Fsp3) is 0.391. The highest BCUT2D eigenvalue weighted by atomic mass is 32.2. The van der Waals surface area contributed by atoms with Crippen molar-refractivity contribution in [2.45, 2.75) is 39.3 Å². The van der Waals surface area contributed by atoms with Gasteiger partial charge in [0.2, 0.25) is 21.8 Å². The fourth-order valence-electron chi connectivity index (χ4n) is 3.14. The van der Waals surface area contributed by atoms with Crippen molar-refractivity contribution in [1.29, 1.82) is 0 Å². The fourth-order valence-corrected chi connectivity index (χ4v) is 3.99. The van der Waals surface area contributed by atoms with Gasteiger partial charge in [-0.3, -0.25) is 13.9 Å². The Morgan fingerprint density at radius 2 is 1.78 bits per heavy atom. The number of unbranched alkanes of at least 4 members (excludes halogenated alkanes) is 1. The first-order valence-electron chi connectivity index (χ1n) is 10.5. The summed E-state index contributed by atoms with van der Waals surface area (Å²) >= 11 is 0. The Balaban J connectivity index is 2.31. The molecule has 2 aromatic rings. The van der Waals surface area contributed by atoms with E-state index in [9.17, 15) is 22.4 Å². The molecule has 0 aliphatic rings. The van der Waals surface area contributed by atoms with E-state index in [-0.39, 0.29) is 18.1 Å². The molecule has 0 fully saturated rings. The molecule has 32 heavy (non-hydrogen) atoms. The van der Waals surface area contributed by atoms with E-state index in [0.29, 0.717) is 6.54 Å². The zero-order chi connectivity index (χ0) is 23.7. The number of carbonyl (C=O) groups excluding carboxylic acids is 2. The first-order chi connectivity index (χ1) is 15.1. The SMILES string of the molecule is CCCCNC(=O)C(C)N(Cc1ccccc1)C(=O)CN(c1cccc(F)c1)S(C)(=O)=O. The topological polar surface area (TPSA) is 86.8 Å². The highest BCUT2D eigenvalue weighted by Crippen LogP contribution is 2.20. The summed E-state index contributed by atoms with van der Waals surface area (Å²) in [6.07, 6.45) is 2.68. The molecule has 2 rings (SSSR count). The van der Waals surface area contributed by atoms with Crippen LogP contribution in [-0.4, -0.2) is 50.5 Å². The predicted octanol–water partition coefficient (Wildman–Crippen LogP) is 2.93. The molecule has 0 saturated carbocycles. The van der Waals surface area contributed by atoms with Crippen molar-refractivity contribution in [3.8, 4) is 0 Å². The van der Waals surface area contributed by atoms with E-state index in [1.54, 1.807) is 6.92 Å². The lowest BCUT2D eigenvalue weighted by atomic mass is 10.1. The van der Waals surface area contributed by atoms with Crippen molar-refractivity contribution in [1.82, 2.24) is 10.2 Å². The number of rotatable bonds is 11. The van der Waals surface area contributed by atoms with Crippen LogP contribution in [0, 0.1) is 5.82 Å². The summed E-state index contributed by atoms with van der Waals surface area (Å²) < 4.78 is 39.3. The van der Waals surface area contributed by atoms with Crippen molar-refractivity contribution < 1.29 is 22.4 Å². The summed E-state index contributed by atoms with van der Waals surface area (Å²) in [7, 11) is -3.88. The number of carbonyl (C=O) groups is 2. The van der Waals surface area contributed by atoms with Crippen LogP contribution in [0.25, 0.3) is 0 Å². The van der Waals surface area contributed by atoms with Gasteiger partial charge in [0.25, 0.3) is 0 Å². The summed E-state index contributed by atoms with van der Waals surface area (Å²) in [6.45, 7) is 3.68. The Kier molecular flexibility index (Phi) is 9.19. The molecule has 1 atom stereocenters. The third kappa shape index (κ3) is 7.33. The molecule has 0 radical (unpaired) electrons. The van der Waals surface area contributed by atoms with Crippen LogP contribution in [0.2, 0.25) is 0 Å². The molecule has 0 saturated heterocycles. The van der Waals surface area contributed by atoms with Gasteiger partial charge < -0.3 is 10.2 Å². The summed E-state index contributed by atoms with van der Waals surface area (Å²) in [4.78, 5) is 27.3. The molecule has 0 bridgehead atoms. The van der Waals surface area contributed by atoms with Crippen molar-refractivity contribution in [2.75, 3.05) is 23.7 Å². The molecular formula is C23H30FN3O4S. The van der Waals surface area contributed by atoms with Gasteiger partial charge in [-0.25, -0.2) is 12.8 Å². The number of amides is 2. The molecule has 0 aliphatic carbocycles. The third-order valence-corrected chi connectivity index (χ3v) is 6.11. The number of anilines is 1. The standard InChI is InChI=1S/C23H30FN3O4S/c1-4-5-14-25-23(29)18(2)26(16-19-10-7-6-8-11-19)22(28)17-27(32(3,30)31)21-13-9-12-20(24)15-21/h6-13,15,18H,4-5,14,16-17H2,1-3H3,(H,25,29). The van der Waals surface area contributed by atoms with Crippen LogP contribution >= 0.6 is 0 Å². The maximum Gasteiger partial charge on any atom is 0.244 e. The zero-order valence-electron chi connectivity index (χ0n) is 18.6. The minimum atomic E-state index is -3.88. The second-order valence-corrected chi connectivity index (χ2v) is 9.48. The summed E-state index contributed by atoms with van der Waals surface area (Å²) in [5.74, 6) is -1.51. The molecule has 9 heteroatoms. The summed E-state index contributed by atoms with van der Waals surface area (Å²) in [6, 6.07) is 13.3. The Hall–Kier alpha value is -2.94. The number of nitrogens with one attached hydrogen (secondary N) is 1. The van der Waals surface area contributed by atoms with Gasteiger partial charge in [0, 0.05) is 13.1 Å². The Morgan fingerprint density at radius 3 is 2.38 bits per heavy atom. The smallest absolute Gasteiger partial charge is 0.244 e. The highest BCUT2D eigenvalue weighted by molar-refractivity contribution is 7.92. The van der Waals surface area contributed by atoms with Crippen LogP contribution in [-0.2, 0) is 26.2 Å². The molecule has 0 aliphatic heterocycles. The monoisotopic (exact) mass is 463 g/mol. The van der Waals surface area contributed by atoms with Crippen molar-refractivity contribution in [3.05, 3.63) is 66.0 Å². The van der Waals surface area contributed by atoms with Gasteiger partial charge in [0.15, 0.2) is 0 Å². The van der Waals surface area contributed by atoms with Gasteiger partial charge in [-0.1, -0.05) is 49.7 Å². The van der Waals surface area contributed by atoms with Crippen LogP contribution in [0.3, 0.4) is 0 Å². The lowest BCUT2D eigenvalue weighted by Gasteiger charge is -2.31. The Labute approximate surface area is 189 Å². The highest BCUT2D eigenvalue weighted by Gasteiger charge is 2.30. The molecule has 0 aromatic heterocycles. The number of sulfonamides is 1. The van der Waals surface area contributed by atoms with Crippen molar-refractivity contribution in [3.63, 3.8) is 0 Å². The first kappa shape index (κ1) is 25.3. The van der Waals surface area contributed by atoms with E-state index in [1.165, 1.54) is 23.1 Å². The Morgan fingerprint density at radius 1 is 1.09 bits per heavy atom. The average Bonchev–Trinajstić information content (AvgIpc) is 2.75. The van der Waals surface area contributed by atoms with Gasteiger partial charge in [0.1, 0.15) is 18.4 Å². The summed E-state index contributed by atoms with van der Waals surface area (Å²) in [5, 5.41) is 2.81. The van der Waals surface area contributed by atoms with E-state index < -0.39 is 34.3 Å². The minimum absolute atomic E-state index is 0.0422. The zero-order valence-corrected chi connectivity index (χ0v) is 19.4. The number of benzene rings is 2. The maximum atomic E-state index is 13.7. The van der Waals surface area contributed by atoms with E-state index in [4.69, 9.17) is 0 Å². The normalized spacial score (nSPS) is 12.1. The van der Waals surface area contributed by atoms with Crippen LogP contribution < -0.4 is 9.62 Å². The molecule has 0 heterocycles. The second-order valence-electron chi connectivity index (χ2n) is 7.58. The largest absolute Gasteiger partial charge is 0.354 e. The van der Waals surface area contributed by atoms with Crippen LogP contribution in [0.15, 0.2) is 54.6 Å². The van der Waals surface area contributed by atoms with E-state index in [1.807, 2.05) is 37.3 Å². The number of nitrogens with zero attached hydrogens (tertiary/aromatic N) is 2. The molecule has 174 valence electrons. The van der Waals surface area contributed by atoms with Crippen LogP contribution in [0.1, 0.15) is 32.3 Å². The first-order valence-corrected chi connectivity index (χ1v) is 12.3. The van der Waals surface area contributed by atoms with Gasteiger partial charge in [-0.2, -0.15) is 0 Å². The Bertz CT molecular complexity index is 1010. The molecule has 1 N–H and O–H groups in total. The molecule has 2 aromatic carbocycles. The molecule has 7 nitrogen and oxygen atoms in total. The number of hydrogen-bond donors (Lipinski definition) is 1. The van der Waals surface area contributed by atoms with Crippen LogP contribution in [0.4, 0.5) is 10.1 Å². The molecular weight excluding hydrogens is 433 g/mol. The van der Waals surface area contributed by atoms with Crippen LogP contribution in [0.5, 0.6) is 0 Å². The lowest BCUT2D eigenvalue weighted by molar-refractivity contribution is -0.139. The lowest BCUT2D eigenvalue weighted by Crippen LogP contribution is -2.51. The number of hydrogen-bond acceptors (Lipinski definition) is 4. The molecule has 2 amide bonds. The third-order valence-electron chi connectivity index (χ3n) is 4.97. The average molecular weight is 464 g/mol. The van der Waals surface area contributed by atoms with Crippen molar-refractivity contribution >= 4 is 27.5 Å².